The van der Waals surface area contributed by atoms with Crippen molar-refractivity contribution in [2.75, 3.05) is 6.54 Å². The van der Waals surface area contributed by atoms with E-state index in [4.69, 9.17) is 11.6 Å². The normalized spacial score (nSPS) is 12.2. The molecule has 0 N–H and O–H groups in total. The quantitative estimate of drug-likeness (QED) is 0.243. The number of pyridine rings is 1. The van der Waals surface area contributed by atoms with Crippen LogP contribution in [0.3, 0.4) is 0 Å². The average Bonchev–Trinajstić information content (AvgIpc) is 2.93. The second-order valence-electron chi connectivity index (χ2n) is 8.61. The highest BCUT2D eigenvalue weighted by molar-refractivity contribution is 7.89. The maximum atomic E-state index is 13.7. The molecule has 0 radical (unpaired) electrons. The number of sulfonamides is 2. The Kier molecular flexibility index (Phi) is 8.96. The van der Waals surface area contributed by atoms with Crippen molar-refractivity contribution < 1.29 is 16.8 Å². The molecule has 0 spiro atoms. The first kappa shape index (κ1) is 27.9. The van der Waals surface area contributed by atoms with Gasteiger partial charge in [-0.15, -0.1) is 0 Å². The van der Waals surface area contributed by atoms with Gasteiger partial charge in [0.05, 0.1) is 9.79 Å². The van der Waals surface area contributed by atoms with E-state index >= 15 is 0 Å². The third-order valence-corrected chi connectivity index (χ3v) is 10.1. The van der Waals surface area contributed by atoms with Crippen molar-refractivity contribution in [1.29, 1.82) is 0 Å². The van der Waals surface area contributed by atoms with Gasteiger partial charge < -0.3 is 0 Å². The van der Waals surface area contributed by atoms with Gasteiger partial charge >= 0.3 is 0 Å². The van der Waals surface area contributed by atoms with E-state index < -0.39 is 20.0 Å². The highest BCUT2D eigenvalue weighted by Crippen LogP contribution is 2.26. The van der Waals surface area contributed by atoms with Gasteiger partial charge in [-0.05, 0) is 53.1 Å². The second kappa shape index (κ2) is 12.2. The molecule has 0 atom stereocenters. The maximum Gasteiger partial charge on any atom is 0.243 e. The smallest absolute Gasteiger partial charge is 0.243 e. The molecule has 0 unspecified atom stereocenters. The van der Waals surface area contributed by atoms with Crippen molar-refractivity contribution in [3.05, 3.63) is 125 Å². The number of benzene rings is 3. The molecular weight excluding hydrogens is 542 g/mol. The third kappa shape index (κ3) is 6.48. The molecule has 38 heavy (non-hydrogen) atoms. The van der Waals surface area contributed by atoms with E-state index in [1.54, 1.807) is 55.7 Å². The summed E-state index contributed by atoms with van der Waals surface area (Å²) < 4.78 is 56.8. The minimum Gasteiger partial charge on any atom is -0.264 e. The van der Waals surface area contributed by atoms with E-state index in [1.807, 2.05) is 30.3 Å². The SMILES string of the molecule is CCN(Cc1ccccc1)S(=O)(=O)c1ccc(S(=O)(=O)N(Cc2cccnc2)Cc2ccccc2Cl)cc1. The molecule has 0 amide bonds. The average molecular weight is 570 g/mol. The van der Waals surface area contributed by atoms with Crippen LogP contribution in [0.2, 0.25) is 5.02 Å². The maximum absolute atomic E-state index is 13.7. The molecule has 0 aliphatic rings. The van der Waals surface area contributed by atoms with Gasteiger partial charge in [-0.2, -0.15) is 8.61 Å². The van der Waals surface area contributed by atoms with E-state index in [9.17, 15) is 16.8 Å². The fourth-order valence-electron chi connectivity index (χ4n) is 3.97. The molecule has 0 aliphatic carbocycles. The first-order chi connectivity index (χ1) is 18.2. The lowest BCUT2D eigenvalue weighted by Gasteiger charge is -2.24. The molecule has 1 heterocycles. The number of rotatable bonds is 11. The summed E-state index contributed by atoms with van der Waals surface area (Å²) in [5.41, 5.74) is 2.23. The fraction of sp³-hybridized carbons (Fsp3) is 0.179. The van der Waals surface area contributed by atoms with Crippen molar-refractivity contribution in [2.24, 2.45) is 0 Å². The molecule has 4 aromatic rings. The Bertz CT molecular complexity index is 1570. The molecule has 0 bridgehead atoms. The molecule has 0 saturated carbocycles. The van der Waals surface area contributed by atoms with Crippen molar-refractivity contribution in [3.8, 4) is 0 Å². The fourth-order valence-corrected chi connectivity index (χ4v) is 7.01. The molecule has 4 rings (SSSR count). The molecule has 198 valence electrons. The number of hydrogen-bond acceptors (Lipinski definition) is 5. The summed E-state index contributed by atoms with van der Waals surface area (Å²) in [4.78, 5) is 4.10. The Balaban J connectivity index is 1.63. The van der Waals surface area contributed by atoms with Crippen molar-refractivity contribution in [1.82, 2.24) is 13.6 Å². The van der Waals surface area contributed by atoms with E-state index in [0.717, 1.165) is 5.56 Å². The minimum absolute atomic E-state index is 0.0153. The van der Waals surface area contributed by atoms with E-state index in [-0.39, 0.29) is 36.0 Å². The Hall–Kier alpha value is -3.08. The van der Waals surface area contributed by atoms with E-state index in [2.05, 4.69) is 4.98 Å². The molecule has 0 fully saturated rings. The van der Waals surface area contributed by atoms with E-state index in [1.165, 1.54) is 32.9 Å². The standard InChI is InChI=1S/C28H28ClN3O4S2/c1-2-31(20-23-9-4-3-5-10-23)37(33,34)26-14-16-27(17-15-26)38(35,36)32(21-24-11-8-18-30-19-24)22-25-12-6-7-13-28(25)29/h3-19H,2,20-22H2,1H3. The predicted octanol–water partition coefficient (Wildman–Crippen LogP) is 5.34. The molecule has 10 heteroatoms. The summed E-state index contributed by atoms with van der Waals surface area (Å²) in [5.74, 6) is 0. The van der Waals surface area contributed by atoms with Crippen LogP contribution in [0.1, 0.15) is 23.6 Å². The van der Waals surface area contributed by atoms with Crippen LogP contribution in [0, 0.1) is 0 Å². The van der Waals surface area contributed by atoms with Crippen molar-refractivity contribution >= 4 is 31.6 Å². The van der Waals surface area contributed by atoms with Crippen molar-refractivity contribution in [2.45, 2.75) is 36.3 Å². The van der Waals surface area contributed by atoms with Gasteiger partial charge in [-0.3, -0.25) is 4.98 Å². The van der Waals surface area contributed by atoms with Crippen LogP contribution in [-0.4, -0.2) is 37.0 Å². The van der Waals surface area contributed by atoms with Crippen LogP contribution in [0.15, 0.2) is 113 Å². The predicted molar refractivity (Wildman–Crippen MR) is 148 cm³/mol. The van der Waals surface area contributed by atoms with Gasteiger partial charge in [0.1, 0.15) is 0 Å². The highest BCUT2D eigenvalue weighted by Gasteiger charge is 2.28. The molecule has 3 aromatic carbocycles. The van der Waals surface area contributed by atoms with Gasteiger partial charge in [0, 0.05) is 43.6 Å². The Labute approximate surface area is 229 Å². The topological polar surface area (TPSA) is 87.7 Å². The first-order valence-electron chi connectivity index (χ1n) is 12.0. The van der Waals surface area contributed by atoms with E-state index in [0.29, 0.717) is 16.1 Å². The molecule has 7 nitrogen and oxygen atoms in total. The van der Waals surface area contributed by atoms with Gasteiger partial charge in [-0.25, -0.2) is 16.8 Å². The molecular formula is C28H28ClN3O4S2. The zero-order valence-electron chi connectivity index (χ0n) is 20.8. The summed E-state index contributed by atoms with van der Waals surface area (Å²) in [7, 11) is -7.85. The third-order valence-electron chi connectivity index (χ3n) is 6.04. The zero-order chi connectivity index (χ0) is 27.2. The lowest BCUT2D eigenvalue weighted by molar-refractivity contribution is 0.400. The lowest BCUT2D eigenvalue weighted by atomic mass is 10.2. The number of aromatic nitrogens is 1. The van der Waals surface area contributed by atoms with Gasteiger partial charge in [0.15, 0.2) is 0 Å². The summed E-state index contributed by atoms with van der Waals surface area (Å²) in [6.07, 6.45) is 3.23. The Morgan fingerprint density at radius 3 is 1.79 bits per heavy atom. The van der Waals surface area contributed by atoms with Crippen LogP contribution in [0.4, 0.5) is 0 Å². The summed E-state index contributed by atoms with van der Waals surface area (Å²) in [6, 6.07) is 25.3. The molecule has 0 saturated heterocycles. The van der Waals surface area contributed by atoms with Crippen LogP contribution in [-0.2, 0) is 39.7 Å². The Morgan fingerprint density at radius 1 is 0.658 bits per heavy atom. The monoisotopic (exact) mass is 569 g/mol. The molecule has 1 aromatic heterocycles. The number of hydrogen-bond donors (Lipinski definition) is 0. The van der Waals surface area contributed by atoms with Crippen LogP contribution < -0.4 is 0 Å². The highest BCUT2D eigenvalue weighted by atomic mass is 35.5. The summed E-state index contributed by atoms with van der Waals surface area (Å²) in [5, 5.41) is 0.457. The van der Waals surface area contributed by atoms with Crippen LogP contribution in [0.5, 0.6) is 0 Å². The van der Waals surface area contributed by atoms with Crippen LogP contribution in [0.25, 0.3) is 0 Å². The van der Waals surface area contributed by atoms with Gasteiger partial charge in [0.2, 0.25) is 20.0 Å². The Morgan fingerprint density at radius 2 is 1.21 bits per heavy atom. The number of halogens is 1. The minimum atomic E-state index is -4.01. The van der Waals surface area contributed by atoms with Gasteiger partial charge in [-0.1, -0.05) is 73.1 Å². The zero-order valence-corrected chi connectivity index (χ0v) is 23.2. The number of nitrogens with zero attached hydrogens (tertiary/aromatic N) is 3. The largest absolute Gasteiger partial charge is 0.264 e. The lowest BCUT2D eigenvalue weighted by Crippen LogP contribution is -2.31. The van der Waals surface area contributed by atoms with Crippen molar-refractivity contribution in [3.63, 3.8) is 0 Å². The second-order valence-corrected chi connectivity index (χ2v) is 12.9. The summed E-state index contributed by atoms with van der Waals surface area (Å²) >= 11 is 6.33. The van der Waals surface area contributed by atoms with Crippen LogP contribution >= 0.6 is 11.6 Å². The summed E-state index contributed by atoms with van der Waals surface area (Å²) in [6.45, 7) is 2.37. The molecule has 0 aliphatic heterocycles. The first-order valence-corrected chi connectivity index (χ1v) is 15.2. The van der Waals surface area contributed by atoms with Gasteiger partial charge in [0.25, 0.3) is 0 Å².